The van der Waals surface area contributed by atoms with Crippen LogP contribution in [0.3, 0.4) is 0 Å². The Morgan fingerprint density at radius 1 is 0.925 bits per heavy atom. The average Bonchev–Trinajstić information content (AvgIpc) is 2.91. The first kappa shape index (κ1) is 31.3. The van der Waals surface area contributed by atoms with Crippen molar-refractivity contribution in [3.05, 3.63) is 87.9 Å². The van der Waals surface area contributed by atoms with E-state index in [9.17, 15) is 18.0 Å². The number of nitrogens with zero attached hydrogens (tertiary/aromatic N) is 2. The van der Waals surface area contributed by atoms with E-state index in [2.05, 4.69) is 5.32 Å². The Hall–Kier alpha value is -3.27. The summed E-state index contributed by atoms with van der Waals surface area (Å²) in [5.41, 5.74) is 1.79. The van der Waals surface area contributed by atoms with Crippen molar-refractivity contribution in [2.75, 3.05) is 18.0 Å². The van der Waals surface area contributed by atoms with E-state index in [4.69, 9.17) is 27.9 Å². The molecule has 2 amide bonds. The highest BCUT2D eigenvalue weighted by Gasteiger charge is 2.32. The first-order chi connectivity index (χ1) is 18.8. The van der Waals surface area contributed by atoms with Crippen LogP contribution in [0.1, 0.15) is 31.9 Å². The van der Waals surface area contributed by atoms with Crippen LogP contribution < -0.4 is 14.4 Å². The number of hydrogen-bond acceptors (Lipinski definition) is 5. The van der Waals surface area contributed by atoms with Crippen molar-refractivity contribution < 1.29 is 22.7 Å². The SMILES string of the molecule is COc1ccc(N(CC(=O)N(Cc2ccc(Cl)c(Cl)c2)C(C)C(=O)NC(C)C)S(=O)(=O)c2ccc(C)cc2)cc1. The number of sulfonamides is 1. The summed E-state index contributed by atoms with van der Waals surface area (Å²) in [6, 6.07) is 16.6. The quantitative estimate of drug-likeness (QED) is 0.313. The molecule has 1 unspecified atom stereocenters. The van der Waals surface area contributed by atoms with Gasteiger partial charge >= 0.3 is 0 Å². The summed E-state index contributed by atoms with van der Waals surface area (Å²) < 4.78 is 34.0. The fraction of sp³-hybridized carbons (Fsp3) is 0.310. The lowest BCUT2D eigenvalue weighted by Crippen LogP contribution is -2.52. The lowest BCUT2D eigenvalue weighted by molar-refractivity contribution is -0.139. The molecule has 0 heterocycles. The molecule has 0 aromatic heterocycles. The summed E-state index contributed by atoms with van der Waals surface area (Å²) >= 11 is 12.3. The number of methoxy groups -OCH3 is 1. The third kappa shape index (κ3) is 7.68. The number of rotatable bonds is 11. The van der Waals surface area contributed by atoms with Gasteiger partial charge in [-0.15, -0.1) is 0 Å². The fourth-order valence-electron chi connectivity index (χ4n) is 3.94. The van der Waals surface area contributed by atoms with E-state index < -0.39 is 28.5 Å². The molecular formula is C29H33Cl2N3O5S. The van der Waals surface area contributed by atoms with Crippen LogP contribution in [-0.4, -0.2) is 50.9 Å². The van der Waals surface area contributed by atoms with Crippen molar-refractivity contribution in [3.8, 4) is 5.75 Å². The van der Waals surface area contributed by atoms with Gasteiger partial charge in [0.1, 0.15) is 18.3 Å². The number of aryl methyl sites for hydroxylation is 1. The van der Waals surface area contributed by atoms with Gasteiger partial charge in [0, 0.05) is 12.6 Å². The summed E-state index contributed by atoms with van der Waals surface area (Å²) in [6.07, 6.45) is 0. The number of nitrogens with one attached hydrogen (secondary N) is 1. The van der Waals surface area contributed by atoms with Crippen molar-refractivity contribution in [2.24, 2.45) is 0 Å². The highest BCUT2D eigenvalue weighted by atomic mass is 35.5. The molecule has 0 saturated carbocycles. The molecule has 0 aliphatic heterocycles. The lowest BCUT2D eigenvalue weighted by atomic mass is 10.1. The van der Waals surface area contributed by atoms with Gasteiger partial charge in [0.25, 0.3) is 10.0 Å². The summed E-state index contributed by atoms with van der Waals surface area (Å²) in [7, 11) is -2.66. The van der Waals surface area contributed by atoms with Crippen LogP contribution in [0.4, 0.5) is 5.69 Å². The van der Waals surface area contributed by atoms with Crippen molar-refractivity contribution in [2.45, 2.75) is 51.2 Å². The van der Waals surface area contributed by atoms with E-state index in [0.29, 0.717) is 21.4 Å². The Morgan fingerprint density at radius 2 is 1.55 bits per heavy atom. The third-order valence-corrected chi connectivity index (χ3v) is 8.71. The Bertz CT molecular complexity index is 1450. The molecule has 0 saturated heterocycles. The molecule has 0 fully saturated rings. The molecule has 8 nitrogen and oxygen atoms in total. The second-order valence-electron chi connectivity index (χ2n) is 9.63. The molecule has 0 aliphatic carbocycles. The summed E-state index contributed by atoms with van der Waals surface area (Å²) in [6.45, 7) is 6.53. The van der Waals surface area contributed by atoms with Crippen molar-refractivity contribution >= 4 is 50.7 Å². The van der Waals surface area contributed by atoms with Crippen LogP contribution in [0, 0.1) is 6.92 Å². The minimum atomic E-state index is -4.16. The van der Waals surface area contributed by atoms with Crippen LogP contribution >= 0.6 is 23.2 Å². The molecule has 3 rings (SSSR count). The first-order valence-corrected chi connectivity index (χ1v) is 14.8. The number of carbonyl (C=O) groups is 2. The molecule has 1 N–H and O–H groups in total. The van der Waals surface area contributed by atoms with E-state index in [1.54, 1.807) is 61.5 Å². The molecule has 1 atom stereocenters. The van der Waals surface area contributed by atoms with Crippen molar-refractivity contribution in [3.63, 3.8) is 0 Å². The summed E-state index contributed by atoms with van der Waals surface area (Å²) in [5.74, 6) is -0.423. The minimum Gasteiger partial charge on any atom is -0.497 e. The van der Waals surface area contributed by atoms with Crippen LogP contribution in [0.15, 0.2) is 71.6 Å². The smallest absolute Gasteiger partial charge is 0.264 e. The topological polar surface area (TPSA) is 96.0 Å². The first-order valence-electron chi connectivity index (χ1n) is 12.6. The van der Waals surface area contributed by atoms with Gasteiger partial charge in [0.15, 0.2) is 0 Å². The summed E-state index contributed by atoms with van der Waals surface area (Å²) in [5, 5.41) is 3.47. The molecule has 3 aromatic carbocycles. The predicted octanol–water partition coefficient (Wildman–Crippen LogP) is 5.45. The maximum atomic E-state index is 13.9. The maximum Gasteiger partial charge on any atom is 0.264 e. The van der Waals surface area contributed by atoms with E-state index in [0.717, 1.165) is 9.87 Å². The van der Waals surface area contributed by atoms with E-state index in [-0.39, 0.29) is 29.1 Å². The van der Waals surface area contributed by atoms with Crippen molar-refractivity contribution in [1.29, 1.82) is 0 Å². The van der Waals surface area contributed by atoms with Gasteiger partial charge in [0.2, 0.25) is 11.8 Å². The molecule has 0 spiro atoms. The molecule has 214 valence electrons. The van der Waals surface area contributed by atoms with E-state index in [1.165, 1.54) is 24.1 Å². The number of halogens is 2. The normalized spacial score (nSPS) is 12.1. The van der Waals surface area contributed by atoms with Crippen molar-refractivity contribution in [1.82, 2.24) is 10.2 Å². The van der Waals surface area contributed by atoms with E-state index in [1.807, 2.05) is 20.8 Å². The Balaban J connectivity index is 2.04. The second kappa shape index (κ2) is 13.4. The maximum absolute atomic E-state index is 13.9. The van der Waals surface area contributed by atoms with Gasteiger partial charge in [-0.2, -0.15) is 0 Å². The van der Waals surface area contributed by atoms with Gasteiger partial charge in [0.05, 0.1) is 27.7 Å². The predicted molar refractivity (Wildman–Crippen MR) is 158 cm³/mol. The Kier molecular flexibility index (Phi) is 10.5. The van der Waals surface area contributed by atoms with Gasteiger partial charge in [-0.3, -0.25) is 13.9 Å². The molecule has 0 aliphatic rings. The number of hydrogen-bond donors (Lipinski definition) is 1. The number of benzene rings is 3. The van der Waals surface area contributed by atoms with Crippen LogP contribution in [0.25, 0.3) is 0 Å². The Morgan fingerprint density at radius 3 is 2.10 bits per heavy atom. The highest BCUT2D eigenvalue weighted by molar-refractivity contribution is 7.92. The molecule has 3 aromatic rings. The summed E-state index contributed by atoms with van der Waals surface area (Å²) in [4.78, 5) is 28.3. The third-order valence-electron chi connectivity index (χ3n) is 6.18. The lowest BCUT2D eigenvalue weighted by Gasteiger charge is -2.32. The number of amides is 2. The number of ether oxygens (including phenoxy) is 1. The molecule has 11 heteroatoms. The number of anilines is 1. The molecular weight excluding hydrogens is 573 g/mol. The second-order valence-corrected chi connectivity index (χ2v) is 12.3. The van der Waals surface area contributed by atoms with Gasteiger partial charge in [-0.1, -0.05) is 47.0 Å². The zero-order valence-electron chi connectivity index (χ0n) is 23.0. The minimum absolute atomic E-state index is 0.00341. The zero-order chi connectivity index (χ0) is 29.6. The van der Waals surface area contributed by atoms with Crippen LogP contribution in [-0.2, 0) is 26.2 Å². The standard InChI is InChI=1S/C29H33Cl2N3O5S/c1-19(2)32-29(36)21(4)33(17-22-8-15-26(30)27(31)16-22)28(35)18-34(23-9-11-24(39-5)12-10-23)40(37,38)25-13-6-20(3)7-14-25/h6-16,19,21H,17-18H2,1-5H3,(H,32,36). The Labute approximate surface area is 245 Å². The molecule has 0 radical (unpaired) electrons. The zero-order valence-corrected chi connectivity index (χ0v) is 25.3. The monoisotopic (exact) mass is 605 g/mol. The van der Waals surface area contributed by atoms with Gasteiger partial charge < -0.3 is 15.0 Å². The largest absolute Gasteiger partial charge is 0.497 e. The highest BCUT2D eigenvalue weighted by Crippen LogP contribution is 2.28. The number of carbonyl (C=O) groups excluding carboxylic acids is 2. The molecule has 40 heavy (non-hydrogen) atoms. The van der Waals surface area contributed by atoms with E-state index >= 15 is 0 Å². The van der Waals surface area contributed by atoms with Crippen LogP contribution in [0.5, 0.6) is 5.75 Å². The van der Waals surface area contributed by atoms with Gasteiger partial charge in [-0.05, 0) is 81.8 Å². The molecule has 0 bridgehead atoms. The fourth-order valence-corrected chi connectivity index (χ4v) is 5.67. The average molecular weight is 607 g/mol. The van der Waals surface area contributed by atoms with Crippen LogP contribution in [0.2, 0.25) is 10.0 Å². The van der Waals surface area contributed by atoms with Gasteiger partial charge in [-0.25, -0.2) is 8.42 Å².